The number of carboxylic acid groups (broad SMARTS) is 1. The fourth-order valence-electron chi connectivity index (χ4n) is 2.30. The lowest BCUT2D eigenvalue weighted by atomic mass is 10.1. The summed E-state index contributed by atoms with van der Waals surface area (Å²) in [4.78, 5) is 17.3. The predicted octanol–water partition coefficient (Wildman–Crippen LogP) is 1.76. The molecular weight excluding hydrogens is 248 g/mol. The Morgan fingerprint density at radius 2 is 2.33 bits per heavy atom. The second-order valence-electron chi connectivity index (χ2n) is 5.05. The number of aromatic carboxylic acids is 1. The number of fused-ring (bicyclic) bond motifs is 1. The Kier molecular flexibility index (Phi) is 4.37. The first kappa shape index (κ1) is 13.5. The van der Waals surface area contributed by atoms with Crippen LogP contribution >= 0.6 is 11.3 Å². The van der Waals surface area contributed by atoms with Crippen LogP contribution in [-0.2, 0) is 13.0 Å². The van der Waals surface area contributed by atoms with E-state index in [0.717, 1.165) is 39.0 Å². The van der Waals surface area contributed by atoms with Crippen LogP contribution in [0, 0.1) is 0 Å². The molecule has 18 heavy (non-hydrogen) atoms. The average molecular weight is 268 g/mol. The summed E-state index contributed by atoms with van der Waals surface area (Å²) in [6.07, 6.45) is 2.16. The van der Waals surface area contributed by atoms with Gasteiger partial charge < -0.3 is 10.0 Å². The molecule has 2 heterocycles. The highest BCUT2D eigenvalue weighted by Crippen LogP contribution is 2.28. The van der Waals surface area contributed by atoms with Crippen molar-refractivity contribution >= 4 is 17.3 Å². The minimum Gasteiger partial charge on any atom is -0.477 e. The summed E-state index contributed by atoms with van der Waals surface area (Å²) in [5, 5.41) is 8.99. The van der Waals surface area contributed by atoms with Crippen LogP contribution in [0.15, 0.2) is 6.07 Å². The molecule has 1 aliphatic rings. The van der Waals surface area contributed by atoms with Crippen LogP contribution in [0.3, 0.4) is 0 Å². The van der Waals surface area contributed by atoms with E-state index in [4.69, 9.17) is 5.11 Å². The van der Waals surface area contributed by atoms with E-state index in [0.29, 0.717) is 4.88 Å². The second kappa shape index (κ2) is 5.82. The van der Waals surface area contributed by atoms with Gasteiger partial charge in [-0.25, -0.2) is 4.79 Å². The monoisotopic (exact) mass is 268 g/mol. The van der Waals surface area contributed by atoms with E-state index in [-0.39, 0.29) is 0 Å². The van der Waals surface area contributed by atoms with Crippen LogP contribution in [0.2, 0.25) is 0 Å². The minimum atomic E-state index is -0.798. The van der Waals surface area contributed by atoms with E-state index in [9.17, 15) is 4.79 Å². The summed E-state index contributed by atoms with van der Waals surface area (Å²) in [7, 11) is 4.18. The molecule has 0 fully saturated rings. The minimum absolute atomic E-state index is 0.482. The van der Waals surface area contributed by atoms with Gasteiger partial charge in [0.1, 0.15) is 4.88 Å². The summed E-state index contributed by atoms with van der Waals surface area (Å²) < 4.78 is 0. The van der Waals surface area contributed by atoms with Crippen molar-refractivity contribution in [3.05, 3.63) is 21.4 Å². The first-order chi connectivity index (χ1) is 8.56. The van der Waals surface area contributed by atoms with Crippen LogP contribution in [0.5, 0.6) is 0 Å². The lowest BCUT2D eigenvalue weighted by Gasteiger charge is -2.27. The molecular formula is C13H20N2O2S. The number of carboxylic acids is 1. The van der Waals surface area contributed by atoms with Gasteiger partial charge in [-0.2, -0.15) is 0 Å². The van der Waals surface area contributed by atoms with Crippen molar-refractivity contribution in [1.82, 2.24) is 9.80 Å². The van der Waals surface area contributed by atoms with E-state index in [1.807, 2.05) is 6.07 Å². The number of carbonyl (C=O) groups is 1. The molecule has 1 N–H and O–H groups in total. The predicted molar refractivity (Wildman–Crippen MR) is 73.4 cm³/mol. The standard InChI is InChI=1S/C13H20N2O2S/c1-14(2)5-3-6-15-7-4-11-10(9-15)8-12(18-11)13(16)17/h8H,3-7,9H2,1-2H3,(H,16,17). The van der Waals surface area contributed by atoms with Gasteiger partial charge in [0.15, 0.2) is 0 Å². The molecule has 4 nitrogen and oxygen atoms in total. The first-order valence-electron chi connectivity index (χ1n) is 6.28. The summed E-state index contributed by atoms with van der Waals surface area (Å²) in [5.74, 6) is -0.798. The highest BCUT2D eigenvalue weighted by atomic mass is 32.1. The quantitative estimate of drug-likeness (QED) is 0.883. The Morgan fingerprint density at radius 1 is 1.56 bits per heavy atom. The zero-order chi connectivity index (χ0) is 13.1. The van der Waals surface area contributed by atoms with Crippen LogP contribution in [0.1, 0.15) is 26.5 Å². The van der Waals surface area contributed by atoms with Crippen molar-refractivity contribution < 1.29 is 9.90 Å². The third-order valence-electron chi connectivity index (χ3n) is 3.24. The van der Waals surface area contributed by atoms with Crippen molar-refractivity contribution in [3.8, 4) is 0 Å². The zero-order valence-electron chi connectivity index (χ0n) is 11.0. The van der Waals surface area contributed by atoms with Crippen molar-refractivity contribution in [2.75, 3.05) is 33.7 Å². The van der Waals surface area contributed by atoms with E-state index in [1.54, 1.807) is 0 Å². The largest absolute Gasteiger partial charge is 0.477 e. The second-order valence-corrected chi connectivity index (χ2v) is 6.18. The lowest BCUT2D eigenvalue weighted by Crippen LogP contribution is -2.32. The number of hydrogen-bond donors (Lipinski definition) is 1. The molecule has 1 aromatic heterocycles. The molecule has 0 unspecified atom stereocenters. The van der Waals surface area contributed by atoms with E-state index in [2.05, 4.69) is 23.9 Å². The van der Waals surface area contributed by atoms with Crippen molar-refractivity contribution in [2.24, 2.45) is 0 Å². The van der Waals surface area contributed by atoms with Gasteiger partial charge in [0.25, 0.3) is 0 Å². The van der Waals surface area contributed by atoms with Gasteiger partial charge in [0.2, 0.25) is 0 Å². The fraction of sp³-hybridized carbons (Fsp3) is 0.615. The Morgan fingerprint density at radius 3 is 3.00 bits per heavy atom. The molecule has 1 aromatic rings. The maximum absolute atomic E-state index is 10.9. The lowest BCUT2D eigenvalue weighted by molar-refractivity contribution is 0.0702. The van der Waals surface area contributed by atoms with Crippen molar-refractivity contribution in [3.63, 3.8) is 0 Å². The van der Waals surface area contributed by atoms with Gasteiger partial charge >= 0.3 is 5.97 Å². The molecule has 0 saturated carbocycles. The Bertz CT molecular complexity index is 429. The Labute approximate surface area is 112 Å². The van der Waals surface area contributed by atoms with Crippen LogP contribution < -0.4 is 0 Å². The number of rotatable bonds is 5. The van der Waals surface area contributed by atoms with Gasteiger partial charge in [0, 0.05) is 18.0 Å². The van der Waals surface area contributed by atoms with Crippen molar-refractivity contribution in [2.45, 2.75) is 19.4 Å². The normalized spacial score (nSPS) is 15.9. The Balaban J connectivity index is 1.91. The van der Waals surface area contributed by atoms with Crippen LogP contribution in [0.4, 0.5) is 0 Å². The van der Waals surface area contributed by atoms with Gasteiger partial charge in [-0.3, -0.25) is 4.90 Å². The third kappa shape index (κ3) is 3.31. The average Bonchev–Trinajstić information content (AvgIpc) is 2.71. The smallest absolute Gasteiger partial charge is 0.345 e. The molecule has 0 spiro atoms. The molecule has 0 amide bonds. The molecule has 0 atom stereocenters. The van der Waals surface area contributed by atoms with E-state index in [1.165, 1.54) is 21.8 Å². The molecule has 100 valence electrons. The molecule has 1 aliphatic heterocycles. The molecule has 0 saturated heterocycles. The topological polar surface area (TPSA) is 43.8 Å². The number of hydrogen-bond acceptors (Lipinski definition) is 4. The summed E-state index contributed by atoms with van der Waals surface area (Å²) in [5.41, 5.74) is 1.22. The Hall–Kier alpha value is -0.910. The maximum atomic E-state index is 10.9. The zero-order valence-corrected chi connectivity index (χ0v) is 11.8. The molecule has 0 aromatic carbocycles. The van der Waals surface area contributed by atoms with Gasteiger partial charge in [-0.1, -0.05) is 0 Å². The number of thiophene rings is 1. The van der Waals surface area contributed by atoms with Crippen LogP contribution in [0.25, 0.3) is 0 Å². The summed E-state index contributed by atoms with van der Waals surface area (Å²) in [6, 6.07) is 1.85. The highest BCUT2D eigenvalue weighted by molar-refractivity contribution is 7.14. The summed E-state index contributed by atoms with van der Waals surface area (Å²) >= 11 is 1.44. The number of nitrogens with zero attached hydrogens (tertiary/aromatic N) is 2. The van der Waals surface area contributed by atoms with E-state index < -0.39 is 5.97 Å². The molecule has 0 bridgehead atoms. The van der Waals surface area contributed by atoms with E-state index >= 15 is 0 Å². The maximum Gasteiger partial charge on any atom is 0.345 e. The fourth-order valence-corrected chi connectivity index (χ4v) is 3.30. The molecule has 5 heteroatoms. The summed E-state index contributed by atoms with van der Waals surface area (Å²) in [6.45, 7) is 4.16. The van der Waals surface area contributed by atoms with Gasteiger partial charge in [0.05, 0.1) is 0 Å². The van der Waals surface area contributed by atoms with Gasteiger partial charge in [-0.15, -0.1) is 11.3 Å². The SMILES string of the molecule is CN(C)CCCN1CCc2sc(C(=O)O)cc2C1. The van der Waals surface area contributed by atoms with Crippen LogP contribution in [-0.4, -0.2) is 54.6 Å². The molecule has 0 aliphatic carbocycles. The first-order valence-corrected chi connectivity index (χ1v) is 7.10. The highest BCUT2D eigenvalue weighted by Gasteiger charge is 2.20. The molecule has 0 radical (unpaired) electrons. The molecule has 2 rings (SSSR count). The van der Waals surface area contributed by atoms with Gasteiger partial charge in [-0.05, 0) is 51.7 Å². The van der Waals surface area contributed by atoms with Crippen molar-refractivity contribution in [1.29, 1.82) is 0 Å². The third-order valence-corrected chi connectivity index (χ3v) is 4.46.